The lowest BCUT2D eigenvalue weighted by atomic mass is 10.0. The van der Waals surface area contributed by atoms with E-state index in [0.717, 1.165) is 11.1 Å². The summed E-state index contributed by atoms with van der Waals surface area (Å²) >= 11 is 0. The first-order valence-electron chi connectivity index (χ1n) is 7.13. The predicted octanol–water partition coefficient (Wildman–Crippen LogP) is 3.65. The number of carboxylic acid groups (broad SMARTS) is 1. The normalized spacial score (nSPS) is 11.0. The van der Waals surface area contributed by atoms with Gasteiger partial charge in [0.05, 0.1) is 0 Å². The van der Waals surface area contributed by atoms with Crippen molar-refractivity contribution in [1.29, 1.82) is 0 Å². The monoisotopic (exact) mass is 305 g/mol. The molecule has 3 aromatic rings. The number of nitrogens with one attached hydrogen (secondary N) is 1. The van der Waals surface area contributed by atoms with Crippen LogP contribution in [0.4, 0.5) is 0 Å². The summed E-state index contributed by atoms with van der Waals surface area (Å²) in [6.07, 6.45) is 3.44. The number of hydrogen-bond acceptors (Lipinski definition) is 3. The molecular formula is C18H15N3O2. The van der Waals surface area contributed by atoms with Crippen LogP contribution in [0.5, 0.6) is 0 Å². The van der Waals surface area contributed by atoms with Crippen LogP contribution in [0.1, 0.15) is 27.3 Å². The van der Waals surface area contributed by atoms with Gasteiger partial charge in [-0.3, -0.25) is 0 Å². The van der Waals surface area contributed by atoms with E-state index in [1.807, 2.05) is 36.4 Å². The molecule has 0 aliphatic heterocycles. The van der Waals surface area contributed by atoms with E-state index < -0.39 is 5.97 Å². The highest BCUT2D eigenvalue weighted by molar-refractivity contribution is 5.90. The number of carboxylic acids is 1. The van der Waals surface area contributed by atoms with E-state index >= 15 is 0 Å². The maximum Gasteiger partial charge on any atom is 0.358 e. The number of rotatable bonds is 4. The van der Waals surface area contributed by atoms with Crippen LogP contribution in [0.2, 0.25) is 0 Å². The van der Waals surface area contributed by atoms with Gasteiger partial charge in [-0.1, -0.05) is 60.2 Å². The Labute approximate surface area is 133 Å². The molecule has 0 radical (unpaired) electrons. The summed E-state index contributed by atoms with van der Waals surface area (Å²) in [5.41, 5.74) is 4.71. The van der Waals surface area contributed by atoms with E-state index in [1.165, 1.54) is 11.1 Å². The van der Waals surface area contributed by atoms with E-state index in [0.29, 0.717) is 5.69 Å². The summed E-state index contributed by atoms with van der Waals surface area (Å²) in [6, 6.07) is 16.4. The molecule has 0 spiro atoms. The van der Waals surface area contributed by atoms with Crippen LogP contribution in [0.15, 0.2) is 48.5 Å². The molecule has 0 unspecified atom stereocenters. The zero-order valence-corrected chi connectivity index (χ0v) is 12.5. The van der Waals surface area contributed by atoms with Gasteiger partial charge in [-0.2, -0.15) is 10.3 Å². The van der Waals surface area contributed by atoms with Crippen molar-refractivity contribution >= 4 is 18.1 Å². The van der Waals surface area contributed by atoms with Crippen molar-refractivity contribution in [2.75, 3.05) is 0 Å². The maximum absolute atomic E-state index is 11.0. The van der Waals surface area contributed by atoms with Gasteiger partial charge in [0.15, 0.2) is 5.69 Å². The minimum Gasteiger partial charge on any atom is -0.476 e. The molecular weight excluding hydrogens is 290 g/mol. The molecule has 0 aliphatic carbocycles. The lowest BCUT2D eigenvalue weighted by Crippen LogP contribution is -1.98. The van der Waals surface area contributed by atoms with E-state index in [2.05, 4.69) is 40.5 Å². The molecule has 0 saturated carbocycles. The Morgan fingerprint density at radius 2 is 1.83 bits per heavy atom. The van der Waals surface area contributed by atoms with E-state index in [4.69, 9.17) is 5.11 Å². The second-order valence-corrected chi connectivity index (χ2v) is 5.19. The Bertz CT molecular complexity index is 864. The Morgan fingerprint density at radius 1 is 1.04 bits per heavy atom. The fraction of sp³-hybridized carbons (Fsp3) is 0.0556. The molecule has 5 nitrogen and oxygen atoms in total. The smallest absolute Gasteiger partial charge is 0.358 e. The van der Waals surface area contributed by atoms with Crippen LogP contribution >= 0.6 is 0 Å². The van der Waals surface area contributed by atoms with Gasteiger partial charge in [0.2, 0.25) is 0 Å². The fourth-order valence-corrected chi connectivity index (χ4v) is 2.30. The molecule has 0 amide bonds. The summed E-state index contributed by atoms with van der Waals surface area (Å²) in [6.45, 7) is 2.07. The van der Waals surface area contributed by atoms with Crippen molar-refractivity contribution in [3.63, 3.8) is 0 Å². The first-order chi connectivity index (χ1) is 11.1. The minimum absolute atomic E-state index is 0.0855. The predicted molar refractivity (Wildman–Crippen MR) is 88.9 cm³/mol. The van der Waals surface area contributed by atoms with Gasteiger partial charge in [0.1, 0.15) is 5.69 Å². The lowest BCUT2D eigenvalue weighted by molar-refractivity contribution is 0.0690. The molecule has 3 rings (SSSR count). The number of benzene rings is 2. The van der Waals surface area contributed by atoms with Crippen LogP contribution in [0, 0.1) is 6.92 Å². The number of H-pyrrole nitrogens is 1. The maximum atomic E-state index is 11.0. The van der Waals surface area contributed by atoms with Crippen LogP contribution < -0.4 is 0 Å². The number of nitrogens with zero attached hydrogens (tertiary/aromatic N) is 2. The summed E-state index contributed by atoms with van der Waals surface area (Å²) in [5, 5.41) is 18.7. The van der Waals surface area contributed by atoms with Gasteiger partial charge in [-0.15, -0.1) is 5.10 Å². The summed E-state index contributed by atoms with van der Waals surface area (Å²) in [4.78, 5) is 11.0. The molecule has 0 bridgehead atoms. The third kappa shape index (κ3) is 3.35. The third-order valence-corrected chi connectivity index (χ3v) is 3.47. The first-order valence-corrected chi connectivity index (χ1v) is 7.13. The standard InChI is InChI=1S/C18H15N3O2/c1-12-3-2-4-15(11-12)14-8-5-13(6-9-14)7-10-16-17(18(22)23)20-21-19-16/h2-11H,1H3,(H,22,23)(H,19,20,21). The molecule has 0 aliphatic rings. The Morgan fingerprint density at radius 3 is 2.52 bits per heavy atom. The minimum atomic E-state index is -1.10. The van der Waals surface area contributed by atoms with E-state index in [1.54, 1.807) is 6.08 Å². The molecule has 0 fully saturated rings. The number of hydrogen-bond donors (Lipinski definition) is 2. The molecule has 1 aromatic heterocycles. The average molecular weight is 305 g/mol. The topological polar surface area (TPSA) is 78.9 Å². The van der Waals surface area contributed by atoms with Crippen LogP contribution in [0.3, 0.4) is 0 Å². The van der Waals surface area contributed by atoms with Crippen LogP contribution in [-0.4, -0.2) is 26.5 Å². The van der Waals surface area contributed by atoms with Gasteiger partial charge >= 0.3 is 5.97 Å². The number of aromatic carboxylic acids is 1. The summed E-state index contributed by atoms with van der Waals surface area (Å²) in [7, 11) is 0. The number of aromatic amines is 1. The summed E-state index contributed by atoms with van der Waals surface area (Å²) < 4.78 is 0. The zero-order valence-electron chi connectivity index (χ0n) is 12.5. The highest BCUT2D eigenvalue weighted by Crippen LogP contribution is 2.21. The molecule has 2 N–H and O–H groups in total. The molecule has 5 heteroatoms. The van der Waals surface area contributed by atoms with Crippen molar-refractivity contribution in [2.24, 2.45) is 0 Å². The van der Waals surface area contributed by atoms with Crippen LogP contribution in [-0.2, 0) is 0 Å². The molecule has 0 atom stereocenters. The number of aryl methyl sites for hydroxylation is 1. The van der Waals surface area contributed by atoms with Crippen molar-refractivity contribution in [1.82, 2.24) is 15.4 Å². The molecule has 114 valence electrons. The van der Waals surface area contributed by atoms with Crippen molar-refractivity contribution in [3.05, 3.63) is 71.0 Å². The van der Waals surface area contributed by atoms with Crippen molar-refractivity contribution in [3.8, 4) is 11.1 Å². The molecule has 1 heterocycles. The second kappa shape index (κ2) is 6.27. The second-order valence-electron chi connectivity index (χ2n) is 5.19. The van der Waals surface area contributed by atoms with Crippen molar-refractivity contribution < 1.29 is 9.90 Å². The zero-order chi connectivity index (χ0) is 16.2. The number of carbonyl (C=O) groups is 1. The van der Waals surface area contributed by atoms with Crippen LogP contribution in [0.25, 0.3) is 23.3 Å². The van der Waals surface area contributed by atoms with E-state index in [9.17, 15) is 4.79 Å². The van der Waals surface area contributed by atoms with Crippen molar-refractivity contribution in [2.45, 2.75) is 6.92 Å². The Kier molecular flexibility index (Phi) is 4.01. The quantitative estimate of drug-likeness (QED) is 0.771. The van der Waals surface area contributed by atoms with Gasteiger partial charge < -0.3 is 5.11 Å². The largest absolute Gasteiger partial charge is 0.476 e. The van der Waals surface area contributed by atoms with E-state index in [-0.39, 0.29) is 5.69 Å². The molecule has 0 saturated heterocycles. The fourth-order valence-electron chi connectivity index (χ4n) is 2.30. The number of aromatic nitrogens is 3. The van der Waals surface area contributed by atoms with Gasteiger partial charge in [0.25, 0.3) is 0 Å². The SMILES string of the molecule is Cc1cccc(-c2ccc(C=Cc3n[nH]nc3C(=O)O)cc2)c1. The molecule has 2 aromatic carbocycles. The highest BCUT2D eigenvalue weighted by atomic mass is 16.4. The summed E-state index contributed by atoms with van der Waals surface area (Å²) in [5.74, 6) is -1.10. The highest BCUT2D eigenvalue weighted by Gasteiger charge is 2.12. The Hall–Kier alpha value is -3.21. The first kappa shape index (κ1) is 14.7. The Balaban J connectivity index is 1.81. The van der Waals surface area contributed by atoms with Gasteiger partial charge in [-0.05, 0) is 29.7 Å². The molecule has 23 heavy (non-hydrogen) atoms. The van der Waals surface area contributed by atoms with Gasteiger partial charge in [-0.25, -0.2) is 4.79 Å². The third-order valence-electron chi connectivity index (χ3n) is 3.47. The average Bonchev–Trinajstić information content (AvgIpc) is 3.02. The lowest BCUT2D eigenvalue weighted by Gasteiger charge is -2.03. The van der Waals surface area contributed by atoms with Gasteiger partial charge in [0, 0.05) is 0 Å².